The van der Waals surface area contributed by atoms with Crippen molar-refractivity contribution in [2.75, 3.05) is 12.4 Å². The molecule has 0 heterocycles. The number of carboxylic acid groups (broad SMARTS) is 1. The van der Waals surface area contributed by atoms with Crippen molar-refractivity contribution < 1.29 is 19.4 Å². The van der Waals surface area contributed by atoms with Crippen molar-refractivity contribution in [3.63, 3.8) is 0 Å². The molecule has 1 aliphatic rings. The van der Waals surface area contributed by atoms with Gasteiger partial charge < -0.3 is 15.2 Å². The third-order valence-electron chi connectivity index (χ3n) is 5.43. The molecule has 0 bridgehead atoms. The van der Waals surface area contributed by atoms with Crippen LogP contribution in [0.15, 0.2) is 48.5 Å². The number of thioether (sulfide) groups is 1. The highest BCUT2D eigenvalue weighted by atomic mass is 32.2. The molecule has 2 N–H and O–H groups in total. The minimum absolute atomic E-state index is 0.0451. The number of carboxylic acids is 1. The van der Waals surface area contributed by atoms with Crippen molar-refractivity contribution in [3.05, 3.63) is 59.7 Å². The van der Waals surface area contributed by atoms with E-state index < -0.39 is 18.1 Å². The van der Waals surface area contributed by atoms with Crippen molar-refractivity contribution in [1.82, 2.24) is 5.32 Å². The van der Waals surface area contributed by atoms with Crippen LogP contribution < -0.4 is 5.32 Å². The Balaban J connectivity index is 1.63. The second-order valence-electron chi connectivity index (χ2n) is 7.78. The van der Waals surface area contributed by atoms with E-state index in [1.807, 2.05) is 36.4 Å². The molecule has 6 heteroatoms. The Morgan fingerprint density at radius 2 is 1.66 bits per heavy atom. The molecule has 0 aliphatic heterocycles. The average molecular weight is 414 g/mol. The lowest BCUT2D eigenvalue weighted by Gasteiger charge is -2.24. The Morgan fingerprint density at radius 1 is 1.10 bits per heavy atom. The third-order valence-corrected chi connectivity index (χ3v) is 7.00. The fourth-order valence-electron chi connectivity index (χ4n) is 3.37. The fourth-order valence-corrected chi connectivity index (χ4v) is 4.42. The van der Waals surface area contributed by atoms with Gasteiger partial charge in [0.05, 0.1) is 0 Å². The van der Waals surface area contributed by atoms with Gasteiger partial charge in [-0.1, -0.05) is 69.3 Å². The number of ether oxygens (including phenoxy) is 1. The lowest BCUT2D eigenvalue weighted by atomic mass is 9.98. The van der Waals surface area contributed by atoms with Crippen molar-refractivity contribution in [2.45, 2.75) is 43.9 Å². The number of amides is 1. The quantitative estimate of drug-likeness (QED) is 0.644. The lowest BCUT2D eigenvalue weighted by molar-refractivity contribution is -0.138. The fraction of sp³-hybridized carbons (Fsp3) is 0.391. The lowest BCUT2D eigenvalue weighted by Crippen LogP contribution is -2.43. The third kappa shape index (κ3) is 4.93. The number of aliphatic carboxylic acids is 1. The first-order valence-electron chi connectivity index (χ1n) is 9.80. The first-order valence-corrected chi connectivity index (χ1v) is 10.8. The molecule has 3 rings (SSSR count). The highest BCUT2D eigenvalue weighted by Crippen LogP contribution is 2.44. The van der Waals surface area contributed by atoms with Crippen molar-refractivity contribution >= 4 is 23.8 Å². The van der Waals surface area contributed by atoms with E-state index in [2.05, 4.69) is 38.2 Å². The van der Waals surface area contributed by atoms with Crippen LogP contribution in [0, 0.1) is 0 Å². The summed E-state index contributed by atoms with van der Waals surface area (Å²) < 4.78 is 5.41. The molecular weight excluding hydrogens is 386 g/mol. The minimum atomic E-state index is -1.06. The number of rotatable bonds is 8. The van der Waals surface area contributed by atoms with Crippen LogP contribution in [0.5, 0.6) is 0 Å². The van der Waals surface area contributed by atoms with Gasteiger partial charge in [0, 0.05) is 16.4 Å². The highest BCUT2D eigenvalue weighted by molar-refractivity contribution is 8.00. The van der Waals surface area contributed by atoms with E-state index in [9.17, 15) is 14.7 Å². The van der Waals surface area contributed by atoms with Crippen LogP contribution in [0.2, 0.25) is 0 Å². The number of carbonyl (C=O) groups excluding carboxylic acids is 1. The largest absolute Gasteiger partial charge is 0.480 e. The van der Waals surface area contributed by atoms with Gasteiger partial charge in [-0.3, -0.25) is 0 Å². The van der Waals surface area contributed by atoms with Crippen LogP contribution in [0.4, 0.5) is 4.79 Å². The molecular formula is C23H27NO4S. The van der Waals surface area contributed by atoms with E-state index in [0.717, 1.165) is 28.7 Å². The topological polar surface area (TPSA) is 75.6 Å². The van der Waals surface area contributed by atoms with Crippen LogP contribution >= 0.6 is 11.8 Å². The van der Waals surface area contributed by atoms with Crippen molar-refractivity contribution in [3.8, 4) is 11.1 Å². The number of alkyl carbamates (subject to hydrolysis) is 1. The van der Waals surface area contributed by atoms with Gasteiger partial charge in [-0.15, -0.1) is 0 Å². The molecule has 0 saturated carbocycles. The molecule has 1 aliphatic carbocycles. The predicted octanol–water partition coefficient (Wildman–Crippen LogP) is 4.90. The highest BCUT2D eigenvalue weighted by Gasteiger charge is 2.30. The molecule has 0 unspecified atom stereocenters. The van der Waals surface area contributed by atoms with Gasteiger partial charge in [-0.2, -0.15) is 11.8 Å². The Bertz CT molecular complexity index is 850. The number of benzene rings is 2. The summed E-state index contributed by atoms with van der Waals surface area (Å²) >= 11 is 1.53. The van der Waals surface area contributed by atoms with E-state index in [-0.39, 0.29) is 17.3 Å². The van der Waals surface area contributed by atoms with Crippen LogP contribution in [-0.2, 0) is 9.53 Å². The molecule has 5 nitrogen and oxygen atoms in total. The molecule has 0 saturated heterocycles. The minimum Gasteiger partial charge on any atom is -0.480 e. The summed E-state index contributed by atoms with van der Waals surface area (Å²) in [6.07, 6.45) is 0.212. The number of hydrogen-bond acceptors (Lipinski definition) is 4. The van der Waals surface area contributed by atoms with E-state index in [1.54, 1.807) is 0 Å². The zero-order valence-corrected chi connectivity index (χ0v) is 17.8. The summed E-state index contributed by atoms with van der Waals surface area (Å²) in [4.78, 5) is 23.9. The Labute approximate surface area is 175 Å². The predicted molar refractivity (Wildman–Crippen MR) is 116 cm³/mol. The van der Waals surface area contributed by atoms with Crippen LogP contribution in [0.3, 0.4) is 0 Å². The van der Waals surface area contributed by atoms with Gasteiger partial charge in [0.1, 0.15) is 12.6 Å². The number of hydrogen-bond donors (Lipinski definition) is 2. The maximum atomic E-state index is 12.3. The van der Waals surface area contributed by atoms with Gasteiger partial charge in [0.2, 0.25) is 0 Å². The first kappa shape index (κ1) is 21.2. The summed E-state index contributed by atoms with van der Waals surface area (Å²) in [5, 5.41) is 12.0. The summed E-state index contributed by atoms with van der Waals surface area (Å²) in [7, 11) is 0. The van der Waals surface area contributed by atoms with Crippen LogP contribution in [0.1, 0.15) is 44.2 Å². The van der Waals surface area contributed by atoms with Gasteiger partial charge in [0.25, 0.3) is 0 Å². The maximum absolute atomic E-state index is 12.3. The molecule has 2 aromatic rings. The van der Waals surface area contributed by atoms with E-state index >= 15 is 0 Å². The monoisotopic (exact) mass is 413 g/mol. The Kier molecular flexibility index (Phi) is 6.52. The van der Waals surface area contributed by atoms with E-state index in [1.165, 1.54) is 11.8 Å². The number of nitrogens with one attached hydrogen (secondary N) is 1. The molecule has 0 radical (unpaired) electrons. The van der Waals surface area contributed by atoms with Crippen LogP contribution in [-0.4, -0.2) is 40.3 Å². The molecule has 1 amide bonds. The van der Waals surface area contributed by atoms with E-state index in [0.29, 0.717) is 5.75 Å². The van der Waals surface area contributed by atoms with Gasteiger partial charge >= 0.3 is 12.1 Å². The molecule has 154 valence electrons. The first-order chi connectivity index (χ1) is 13.8. The molecule has 2 aromatic carbocycles. The average Bonchev–Trinajstić information content (AvgIpc) is 3.03. The Hall–Kier alpha value is -2.47. The van der Waals surface area contributed by atoms with Crippen molar-refractivity contribution in [2.24, 2.45) is 0 Å². The number of carbonyl (C=O) groups is 2. The van der Waals surface area contributed by atoms with E-state index in [4.69, 9.17) is 4.74 Å². The molecule has 1 atom stereocenters. The summed E-state index contributed by atoms with van der Waals surface area (Å²) in [5.74, 6) is -0.817. The Morgan fingerprint density at radius 3 is 2.17 bits per heavy atom. The second kappa shape index (κ2) is 8.91. The van der Waals surface area contributed by atoms with Gasteiger partial charge in [-0.05, 0) is 28.7 Å². The maximum Gasteiger partial charge on any atom is 0.407 e. The zero-order valence-electron chi connectivity index (χ0n) is 17.0. The summed E-state index contributed by atoms with van der Waals surface area (Å²) in [5.41, 5.74) is 4.55. The molecule has 0 aromatic heterocycles. The summed E-state index contributed by atoms with van der Waals surface area (Å²) in [6, 6.07) is 15.2. The van der Waals surface area contributed by atoms with Crippen LogP contribution in [0.25, 0.3) is 11.1 Å². The number of fused-ring (bicyclic) bond motifs is 3. The normalized spacial score (nSPS) is 14.0. The molecule has 0 spiro atoms. The van der Waals surface area contributed by atoms with Gasteiger partial charge in [-0.25, -0.2) is 9.59 Å². The van der Waals surface area contributed by atoms with Gasteiger partial charge in [0.15, 0.2) is 0 Å². The standard InChI is InChI=1S/C23H27NO4S/c1-4-23(2,3)29-14-20(21(25)26)24-22(27)28-13-19-17-11-7-5-9-15(17)16-10-6-8-12-18(16)19/h5-12,19-20H,4,13-14H2,1-3H3,(H,24,27)(H,25,26)/t20-/m0/s1. The second-order valence-corrected chi connectivity index (χ2v) is 9.51. The zero-order chi connectivity index (χ0) is 21.0. The SMILES string of the molecule is CCC(C)(C)SC[C@H](NC(=O)OCC1c2ccccc2-c2ccccc21)C(=O)O. The molecule has 29 heavy (non-hydrogen) atoms. The smallest absolute Gasteiger partial charge is 0.407 e. The molecule has 0 fully saturated rings. The summed E-state index contributed by atoms with van der Waals surface area (Å²) in [6.45, 7) is 6.34. The van der Waals surface area contributed by atoms with Crippen molar-refractivity contribution in [1.29, 1.82) is 0 Å².